The van der Waals surface area contributed by atoms with Crippen molar-refractivity contribution in [1.29, 1.82) is 0 Å². The molecule has 1 aromatic heterocycles. The molecule has 1 heterocycles. The monoisotopic (exact) mass is 789 g/mol. The van der Waals surface area contributed by atoms with Crippen LogP contribution in [0.2, 0.25) is 0 Å². The zero-order valence-electron chi connectivity index (χ0n) is 33.9. The van der Waals surface area contributed by atoms with Crippen molar-refractivity contribution in [1.82, 2.24) is 25.9 Å². The summed E-state index contributed by atoms with van der Waals surface area (Å²) in [7, 11) is 3.07. The molecule has 0 bridgehead atoms. The Morgan fingerprint density at radius 1 is 0.789 bits per heavy atom. The highest BCUT2D eigenvalue weighted by Crippen LogP contribution is 2.47. The number of fused-ring (bicyclic) bond motifs is 3. The standard InChI is InChI=1S/C39H51N7O8.C3H8/c1-4-15-42-34(47)7-5-9-36(49)45-26-11-13-29-30-14-12-27(46-37(50)10-6-8-35(48)43-16-17-53-3)21-32(30)33(31(29)20-26)23-54-38(51)19-25(39(52)40-2)18-28-22-41-24-44-28;1-3-2/h11-14,20-22,24-25,33H,4-10,15-19,23H2,1-3H3,(H,40,52)(H,41,44)(H,42,47)(H,43,48)(H,45,49)(H,46,50);3H2,1-2H3/t25-,33?;/m1./s1. The van der Waals surface area contributed by atoms with E-state index >= 15 is 0 Å². The molecule has 57 heavy (non-hydrogen) atoms. The van der Waals surface area contributed by atoms with Crippen LogP contribution in [-0.2, 0) is 44.7 Å². The number of benzene rings is 2. The van der Waals surface area contributed by atoms with Crippen LogP contribution in [0.3, 0.4) is 0 Å². The van der Waals surface area contributed by atoms with E-state index < -0.39 is 17.8 Å². The summed E-state index contributed by atoms with van der Waals surface area (Å²) in [6, 6.07) is 11.1. The summed E-state index contributed by atoms with van der Waals surface area (Å²) in [5.74, 6) is -2.69. The molecule has 0 saturated carbocycles. The van der Waals surface area contributed by atoms with Crippen molar-refractivity contribution < 1.29 is 38.2 Å². The molecule has 1 aliphatic carbocycles. The number of ether oxygens (including phenoxy) is 2. The summed E-state index contributed by atoms with van der Waals surface area (Å²) in [4.78, 5) is 82.4. The van der Waals surface area contributed by atoms with E-state index in [9.17, 15) is 28.8 Å². The lowest BCUT2D eigenvalue weighted by atomic mass is 9.96. The van der Waals surface area contributed by atoms with Crippen LogP contribution in [0.15, 0.2) is 48.9 Å². The third-order valence-electron chi connectivity index (χ3n) is 8.99. The van der Waals surface area contributed by atoms with Crippen molar-refractivity contribution in [3.8, 4) is 11.1 Å². The molecule has 1 aliphatic rings. The van der Waals surface area contributed by atoms with Gasteiger partial charge in [-0.15, -0.1) is 0 Å². The van der Waals surface area contributed by atoms with E-state index in [-0.39, 0.29) is 74.7 Å². The van der Waals surface area contributed by atoms with Crippen molar-refractivity contribution >= 4 is 46.9 Å². The second-order valence-corrected chi connectivity index (χ2v) is 13.8. The Labute approximate surface area is 335 Å². The zero-order chi connectivity index (χ0) is 41.6. The lowest BCUT2D eigenvalue weighted by molar-refractivity contribution is -0.147. The highest BCUT2D eigenvalue weighted by atomic mass is 16.5. The number of anilines is 2. The number of nitrogens with one attached hydrogen (secondary N) is 6. The van der Waals surface area contributed by atoms with Crippen LogP contribution >= 0.6 is 0 Å². The summed E-state index contributed by atoms with van der Waals surface area (Å²) >= 11 is 0. The van der Waals surface area contributed by atoms with Gasteiger partial charge in [0.1, 0.15) is 6.61 Å². The van der Waals surface area contributed by atoms with Crippen molar-refractivity contribution in [2.24, 2.45) is 5.92 Å². The van der Waals surface area contributed by atoms with E-state index in [1.165, 1.54) is 19.8 Å². The molecular weight excluding hydrogens is 731 g/mol. The molecule has 2 atom stereocenters. The molecule has 2 aromatic carbocycles. The van der Waals surface area contributed by atoms with Gasteiger partial charge in [-0.1, -0.05) is 39.3 Å². The molecule has 0 aliphatic heterocycles. The summed E-state index contributed by atoms with van der Waals surface area (Å²) in [5.41, 5.74) is 5.21. The van der Waals surface area contributed by atoms with Gasteiger partial charge in [0.25, 0.3) is 0 Å². The van der Waals surface area contributed by atoms with Crippen LogP contribution in [0.4, 0.5) is 11.4 Å². The normalized spacial score (nSPS) is 12.8. The molecular formula is C42H59N7O8. The Hall–Kier alpha value is -5.57. The number of esters is 1. The topological polar surface area (TPSA) is 210 Å². The minimum Gasteiger partial charge on any atom is -0.465 e. The fourth-order valence-corrected chi connectivity index (χ4v) is 6.25. The maximum atomic E-state index is 13.2. The number of methoxy groups -OCH3 is 1. The highest BCUT2D eigenvalue weighted by molar-refractivity contribution is 5.94. The van der Waals surface area contributed by atoms with Crippen molar-refractivity contribution in [3.05, 3.63) is 65.7 Å². The molecule has 0 saturated heterocycles. The van der Waals surface area contributed by atoms with Crippen molar-refractivity contribution in [2.75, 3.05) is 51.1 Å². The van der Waals surface area contributed by atoms with Gasteiger partial charge in [0.2, 0.25) is 29.5 Å². The number of aromatic amines is 1. The second kappa shape index (κ2) is 24.8. The van der Waals surface area contributed by atoms with Crippen molar-refractivity contribution in [3.63, 3.8) is 0 Å². The number of hydrogen-bond donors (Lipinski definition) is 6. The predicted octanol–water partition coefficient (Wildman–Crippen LogP) is 4.98. The van der Waals surface area contributed by atoms with Crippen LogP contribution in [-0.4, -0.2) is 85.9 Å². The number of nitrogens with zero attached hydrogens (tertiary/aromatic N) is 1. The minimum absolute atomic E-state index is 0.0524. The first-order valence-corrected chi connectivity index (χ1v) is 19.8. The molecule has 0 radical (unpaired) electrons. The third-order valence-corrected chi connectivity index (χ3v) is 8.99. The number of imidazole rings is 1. The number of rotatable bonds is 22. The van der Waals surface area contributed by atoms with Gasteiger partial charge in [-0.25, -0.2) is 4.98 Å². The highest BCUT2D eigenvalue weighted by Gasteiger charge is 2.32. The molecule has 15 heteroatoms. The first kappa shape index (κ1) is 45.8. The molecule has 4 rings (SSSR count). The lowest BCUT2D eigenvalue weighted by Gasteiger charge is -2.18. The minimum atomic E-state index is -0.677. The van der Waals surface area contributed by atoms with Crippen LogP contribution in [0.25, 0.3) is 11.1 Å². The van der Waals surface area contributed by atoms with Gasteiger partial charge in [0.05, 0.1) is 25.3 Å². The van der Waals surface area contributed by atoms with E-state index in [0.717, 1.165) is 28.7 Å². The van der Waals surface area contributed by atoms with Gasteiger partial charge >= 0.3 is 5.97 Å². The Morgan fingerprint density at radius 2 is 1.33 bits per heavy atom. The molecule has 6 N–H and O–H groups in total. The summed E-state index contributed by atoms with van der Waals surface area (Å²) < 4.78 is 10.8. The quantitative estimate of drug-likeness (QED) is 0.0598. The van der Waals surface area contributed by atoms with Gasteiger partial charge in [0.15, 0.2) is 0 Å². The van der Waals surface area contributed by atoms with Crippen LogP contribution in [0.1, 0.15) is 101 Å². The second-order valence-electron chi connectivity index (χ2n) is 13.8. The third kappa shape index (κ3) is 15.5. The van der Waals surface area contributed by atoms with E-state index in [0.29, 0.717) is 49.6 Å². The number of hydrogen-bond acceptors (Lipinski definition) is 9. The van der Waals surface area contributed by atoms with Gasteiger partial charge in [-0.2, -0.15) is 0 Å². The Bertz CT molecular complexity index is 1780. The van der Waals surface area contributed by atoms with Crippen LogP contribution < -0.4 is 26.6 Å². The lowest BCUT2D eigenvalue weighted by Crippen LogP contribution is -2.31. The number of amides is 5. The summed E-state index contributed by atoms with van der Waals surface area (Å²) in [5, 5.41) is 14.0. The largest absolute Gasteiger partial charge is 0.465 e. The van der Waals surface area contributed by atoms with Gasteiger partial charge in [-0.05, 0) is 65.8 Å². The van der Waals surface area contributed by atoms with E-state index in [4.69, 9.17) is 9.47 Å². The number of aromatic nitrogens is 2. The predicted molar refractivity (Wildman–Crippen MR) is 218 cm³/mol. The average molecular weight is 790 g/mol. The SMILES string of the molecule is CCC.CCCNC(=O)CCCC(=O)Nc1ccc2c(c1)C(COC(=O)C[C@@H](Cc1cnc[nH]1)C(=O)NC)c1cc(NC(=O)CCCC(=O)NCCOC)ccc1-2. The van der Waals surface area contributed by atoms with E-state index in [1.807, 2.05) is 31.2 Å². The molecule has 5 amide bonds. The zero-order valence-corrected chi connectivity index (χ0v) is 33.9. The van der Waals surface area contributed by atoms with Crippen LogP contribution in [0.5, 0.6) is 0 Å². The first-order chi connectivity index (χ1) is 27.5. The van der Waals surface area contributed by atoms with Gasteiger partial charge in [-0.3, -0.25) is 28.8 Å². The molecule has 1 unspecified atom stereocenters. The van der Waals surface area contributed by atoms with Crippen molar-refractivity contribution in [2.45, 2.75) is 90.9 Å². The maximum Gasteiger partial charge on any atom is 0.306 e. The number of carbonyl (C=O) groups excluding carboxylic acids is 6. The summed E-state index contributed by atoms with van der Waals surface area (Å²) in [6.07, 6.45) is 6.88. The maximum absolute atomic E-state index is 13.2. The van der Waals surface area contributed by atoms with Crippen LogP contribution in [0, 0.1) is 5.92 Å². The number of carbonyl (C=O) groups is 6. The summed E-state index contributed by atoms with van der Waals surface area (Å²) in [6.45, 7) is 7.59. The molecule has 310 valence electrons. The molecule has 0 fully saturated rings. The fourth-order valence-electron chi connectivity index (χ4n) is 6.25. The van der Waals surface area contributed by atoms with E-state index in [1.54, 1.807) is 25.4 Å². The first-order valence-electron chi connectivity index (χ1n) is 19.8. The van der Waals surface area contributed by atoms with Gasteiger partial charge in [0, 0.05) is 88.5 Å². The molecule has 3 aromatic rings. The van der Waals surface area contributed by atoms with E-state index in [2.05, 4.69) is 50.4 Å². The molecule has 0 spiro atoms. The number of H-pyrrole nitrogens is 1. The smallest absolute Gasteiger partial charge is 0.306 e. The Balaban J connectivity index is 0.00000281. The fraction of sp³-hybridized carbons (Fsp3) is 0.500. The average Bonchev–Trinajstić information content (AvgIpc) is 3.81. The molecule has 15 nitrogen and oxygen atoms in total. The Morgan fingerprint density at radius 3 is 1.82 bits per heavy atom. The Kier molecular flexibility index (Phi) is 20.0. The van der Waals surface area contributed by atoms with Gasteiger partial charge < -0.3 is 41.0 Å².